The summed E-state index contributed by atoms with van der Waals surface area (Å²) in [7, 11) is -3.54. The number of carbonyl (C=O) groups is 1. The van der Waals surface area contributed by atoms with E-state index in [-0.39, 0.29) is 16.3 Å². The highest BCUT2D eigenvalue weighted by Crippen LogP contribution is 2.25. The van der Waals surface area contributed by atoms with E-state index in [2.05, 4.69) is 4.72 Å². The number of thiophene rings is 1. The summed E-state index contributed by atoms with van der Waals surface area (Å²) in [5.41, 5.74) is 1.06. The SMILES string of the molecule is O=C(O)c1ccc(CCNS(=O)(=O)c2ccc(Cl)s2)cc1. The summed E-state index contributed by atoms with van der Waals surface area (Å²) in [6, 6.07) is 9.30. The third-order valence-corrected chi connectivity index (χ3v) is 5.90. The molecule has 0 aliphatic carbocycles. The average molecular weight is 346 g/mol. The summed E-state index contributed by atoms with van der Waals surface area (Å²) < 4.78 is 27.0. The molecule has 1 aromatic carbocycles. The third-order valence-electron chi connectivity index (χ3n) is 2.72. The highest BCUT2D eigenvalue weighted by molar-refractivity contribution is 7.91. The van der Waals surface area contributed by atoms with Crippen molar-refractivity contribution in [1.29, 1.82) is 0 Å². The minimum Gasteiger partial charge on any atom is -0.478 e. The molecule has 0 aliphatic heterocycles. The molecule has 0 unspecified atom stereocenters. The molecule has 21 heavy (non-hydrogen) atoms. The summed E-state index contributed by atoms with van der Waals surface area (Å²) in [6.07, 6.45) is 0.470. The Labute approximate surface area is 131 Å². The molecular formula is C13H12ClNO4S2. The summed E-state index contributed by atoms with van der Waals surface area (Å²) >= 11 is 6.71. The number of benzene rings is 1. The van der Waals surface area contributed by atoms with Gasteiger partial charge in [-0.3, -0.25) is 0 Å². The smallest absolute Gasteiger partial charge is 0.335 e. The van der Waals surface area contributed by atoms with Crippen molar-refractivity contribution in [3.05, 3.63) is 51.9 Å². The Hall–Kier alpha value is -1.41. The van der Waals surface area contributed by atoms with Crippen LogP contribution in [0.4, 0.5) is 0 Å². The highest BCUT2D eigenvalue weighted by atomic mass is 35.5. The van der Waals surface area contributed by atoms with Crippen molar-refractivity contribution in [1.82, 2.24) is 4.72 Å². The minimum atomic E-state index is -3.54. The molecule has 1 aromatic heterocycles. The number of halogens is 1. The molecule has 2 N–H and O–H groups in total. The second-order valence-electron chi connectivity index (χ2n) is 4.21. The summed E-state index contributed by atoms with van der Waals surface area (Å²) in [6.45, 7) is 0.226. The molecule has 0 saturated heterocycles. The quantitative estimate of drug-likeness (QED) is 0.843. The van der Waals surface area contributed by atoms with Crippen molar-refractivity contribution in [2.45, 2.75) is 10.6 Å². The van der Waals surface area contributed by atoms with Crippen LogP contribution in [-0.2, 0) is 16.4 Å². The van der Waals surface area contributed by atoms with Crippen molar-refractivity contribution in [3.8, 4) is 0 Å². The van der Waals surface area contributed by atoms with Crippen LogP contribution < -0.4 is 4.72 Å². The Morgan fingerprint density at radius 3 is 2.38 bits per heavy atom. The van der Waals surface area contributed by atoms with Crippen molar-refractivity contribution in [3.63, 3.8) is 0 Å². The molecule has 0 amide bonds. The summed E-state index contributed by atoms with van der Waals surface area (Å²) in [5.74, 6) is -0.989. The van der Waals surface area contributed by atoms with Gasteiger partial charge in [-0.15, -0.1) is 11.3 Å². The lowest BCUT2D eigenvalue weighted by Crippen LogP contribution is -2.25. The van der Waals surface area contributed by atoms with Gasteiger partial charge in [0, 0.05) is 6.54 Å². The first-order valence-electron chi connectivity index (χ1n) is 5.96. The van der Waals surface area contributed by atoms with Crippen molar-refractivity contribution >= 4 is 38.9 Å². The normalized spacial score (nSPS) is 11.5. The van der Waals surface area contributed by atoms with E-state index in [9.17, 15) is 13.2 Å². The van der Waals surface area contributed by atoms with Crippen LogP contribution in [0.2, 0.25) is 4.34 Å². The van der Waals surface area contributed by atoms with Crippen LogP contribution >= 0.6 is 22.9 Å². The van der Waals surface area contributed by atoms with Gasteiger partial charge in [0.1, 0.15) is 4.21 Å². The van der Waals surface area contributed by atoms with Crippen molar-refractivity contribution in [2.75, 3.05) is 6.54 Å². The van der Waals surface area contributed by atoms with Gasteiger partial charge in [0.05, 0.1) is 9.90 Å². The van der Waals surface area contributed by atoms with Crippen LogP contribution in [0.25, 0.3) is 0 Å². The van der Waals surface area contributed by atoms with E-state index in [0.29, 0.717) is 10.8 Å². The first-order chi connectivity index (χ1) is 9.88. The van der Waals surface area contributed by atoms with E-state index in [0.717, 1.165) is 16.9 Å². The second-order valence-corrected chi connectivity index (χ2v) is 7.92. The summed E-state index contributed by atoms with van der Waals surface area (Å²) in [5, 5.41) is 8.79. The molecule has 112 valence electrons. The zero-order valence-electron chi connectivity index (χ0n) is 10.7. The van der Waals surface area contributed by atoms with Crippen LogP contribution in [0.5, 0.6) is 0 Å². The maximum atomic E-state index is 11.9. The second kappa shape index (κ2) is 6.57. The van der Waals surface area contributed by atoms with E-state index in [1.165, 1.54) is 24.3 Å². The fraction of sp³-hybridized carbons (Fsp3) is 0.154. The average Bonchev–Trinajstić information content (AvgIpc) is 2.87. The van der Waals surface area contributed by atoms with Gasteiger partial charge in [-0.1, -0.05) is 23.7 Å². The Morgan fingerprint density at radius 2 is 1.86 bits per heavy atom. The van der Waals surface area contributed by atoms with E-state index >= 15 is 0 Å². The number of rotatable bonds is 6. The number of carboxylic acid groups (broad SMARTS) is 1. The monoisotopic (exact) mass is 345 g/mol. The van der Waals surface area contributed by atoms with Crippen LogP contribution in [0.3, 0.4) is 0 Å². The fourth-order valence-corrected chi connectivity index (χ4v) is 4.22. The lowest BCUT2D eigenvalue weighted by Gasteiger charge is -2.05. The molecule has 2 rings (SSSR count). The highest BCUT2D eigenvalue weighted by Gasteiger charge is 2.15. The van der Waals surface area contributed by atoms with Gasteiger partial charge in [-0.05, 0) is 36.2 Å². The zero-order valence-corrected chi connectivity index (χ0v) is 13.1. The maximum absolute atomic E-state index is 11.9. The Morgan fingerprint density at radius 1 is 1.19 bits per heavy atom. The van der Waals surface area contributed by atoms with Crippen LogP contribution in [0, 0.1) is 0 Å². The maximum Gasteiger partial charge on any atom is 0.335 e. The first kappa shape index (κ1) is 16.0. The predicted molar refractivity (Wildman–Crippen MR) is 81.6 cm³/mol. The molecule has 5 nitrogen and oxygen atoms in total. The van der Waals surface area contributed by atoms with Gasteiger partial charge < -0.3 is 5.11 Å². The molecule has 0 spiro atoms. The molecule has 0 saturated carbocycles. The van der Waals surface area contributed by atoms with Crippen molar-refractivity contribution < 1.29 is 18.3 Å². The van der Waals surface area contributed by atoms with Gasteiger partial charge in [-0.25, -0.2) is 17.9 Å². The molecule has 0 atom stereocenters. The van der Waals surface area contributed by atoms with Gasteiger partial charge in [-0.2, -0.15) is 0 Å². The fourth-order valence-electron chi connectivity index (χ4n) is 1.66. The molecule has 1 heterocycles. The molecule has 0 aliphatic rings. The molecule has 2 aromatic rings. The van der Waals surface area contributed by atoms with E-state index in [4.69, 9.17) is 16.7 Å². The van der Waals surface area contributed by atoms with Crippen molar-refractivity contribution in [2.24, 2.45) is 0 Å². The number of aromatic carboxylic acids is 1. The Bertz CT molecular complexity index is 738. The van der Waals surface area contributed by atoms with Crippen LogP contribution in [0.1, 0.15) is 15.9 Å². The predicted octanol–water partition coefficient (Wildman–Crippen LogP) is 2.62. The first-order valence-corrected chi connectivity index (χ1v) is 8.63. The largest absolute Gasteiger partial charge is 0.478 e. The van der Waals surface area contributed by atoms with Gasteiger partial charge >= 0.3 is 5.97 Å². The third kappa shape index (κ3) is 4.28. The van der Waals surface area contributed by atoms with Gasteiger partial charge in [0.25, 0.3) is 0 Å². The summed E-state index contributed by atoms with van der Waals surface area (Å²) in [4.78, 5) is 10.7. The number of sulfonamides is 1. The van der Waals surface area contributed by atoms with E-state index in [1.54, 1.807) is 12.1 Å². The number of hydrogen-bond donors (Lipinski definition) is 2. The van der Waals surface area contributed by atoms with Crippen LogP contribution in [0.15, 0.2) is 40.6 Å². The van der Waals surface area contributed by atoms with Crippen LogP contribution in [-0.4, -0.2) is 26.0 Å². The number of nitrogens with one attached hydrogen (secondary N) is 1. The molecule has 0 bridgehead atoms. The lowest BCUT2D eigenvalue weighted by molar-refractivity contribution is 0.0697. The molecular weight excluding hydrogens is 334 g/mol. The zero-order chi connectivity index (χ0) is 15.5. The number of hydrogen-bond acceptors (Lipinski definition) is 4. The standard InChI is InChI=1S/C13H12ClNO4S2/c14-11-5-6-12(20-11)21(18,19)15-8-7-9-1-3-10(4-2-9)13(16)17/h1-6,15H,7-8H2,(H,16,17). The number of carboxylic acids is 1. The van der Waals surface area contributed by atoms with E-state index in [1.807, 2.05) is 0 Å². The Balaban J connectivity index is 1.93. The molecule has 0 fully saturated rings. The van der Waals surface area contributed by atoms with E-state index < -0.39 is 16.0 Å². The lowest BCUT2D eigenvalue weighted by atomic mass is 10.1. The topological polar surface area (TPSA) is 83.5 Å². The van der Waals surface area contributed by atoms with Gasteiger partial charge in [0.2, 0.25) is 10.0 Å². The molecule has 8 heteroatoms. The Kier molecular flexibility index (Phi) is 5.00. The molecule has 0 radical (unpaired) electrons. The van der Waals surface area contributed by atoms with Gasteiger partial charge in [0.15, 0.2) is 0 Å². The minimum absolute atomic E-state index is 0.175.